The molecule has 0 saturated carbocycles. The Bertz CT molecular complexity index is 3910. The van der Waals surface area contributed by atoms with Gasteiger partial charge in [-0.15, -0.1) is 0 Å². The van der Waals surface area contributed by atoms with Gasteiger partial charge in [-0.3, -0.25) is 0 Å². The molecule has 3 aromatic heterocycles. The van der Waals surface area contributed by atoms with Crippen LogP contribution in [0.3, 0.4) is 0 Å². The third kappa shape index (κ3) is 6.05. The van der Waals surface area contributed by atoms with Crippen LogP contribution in [0.15, 0.2) is 237 Å². The highest BCUT2D eigenvalue weighted by atomic mass is 15.1. The van der Waals surface area contributed by atoms with E-state index in [2.05, 4.69) is 209 Å². The summed E-state index contributed by atoms with van der Waals surface area (Å²) >= 11 is 0. The number of para-hydroxylation sites is 3. The fraction of sp³-hybridized carbons (Fsp3) is 0. The number of fused-ring (bicyclic) bond motifs is 7. The first kappa shape index (κ1) is 37.6. The van der Waals surface area contributed by atoms with E-state index < -0.39 is 0 Å². The summed E-state index contributed by atoms with van der Waals surface area (Å²) in [6, 6.07) is 84.1. The van der Waals surface area contributed by atoms with Crippen LogP contribution in [0.5, 0.6) is 0 Å². The molecule has 0 bridgehead atoms. The van der Waals surface area contributed by atoms with E-state index in [0.29, 0.717) is 17.5 Å². The van der Waals surface area contributed by atoms with Crippen LogP contribution in [-0.4, -0.2) is 24.1 Å². The minimum Gasteiger partial charge on any atom is -0.309 e. The minimum atomic E-state index is 0.600. The Labute approximate surface area is 381 Å². The first-order valence-corrected chi connectivity index (χ1v) is 22.4. The highest BCUT2D eigenvalue weighted by Gasteiger charge is 2.25. The average Bonchev–Trinajstić information content (AvgIpc) is 3.91. The van der Waals surface area contributed by atoms with E-state index in [1.807, 2.05) is 36.4 Å². The number of hydrogen-bond acceptors (Lipinski definition) is 3. The second-order valence-electron chi connectivity index (χ2n) is 16.7. The van der Waals surface area contributed by atoms with Gasteiger partial charge in [-0.25, -0.2) is 15.0 Å². The van der Waals surface area contributed by atoms with Crippen LogP contribution >= 0.6 is 0 Å². The van der Waals surface area contributed by atoms with Gasteiger partial charge in [0.25, 0.3) is 0 Å². The van der Waals surface area contributed by atoms with Gasteiger partial charge in [0.15, 0.2) is 17.5 Å². The summed E-state index contributed by atoms with van der Waals surface area (Å²) < 4.78 is 4.85. The standard InChI is InChI=1S/C61H39N5/c1-5-20-40(21-6-1)43-36-37-49(61-63-59(41-22-7-2-8-23-41)62-60(64-61)42-24-9-3-10-25-42)54(38-43)66-52-34-18-16-31-48(52)58-55(66)39-44-26-13-14-29-46(44)57(58)50-32-19-35-53-56(50)47-30-15-17-33-51(47)65(53)45-27-11-4-12-28-45/h1-39H. The molecule has 0 saturated heterocycles. The van der Waals surface area contributed by atoms with Crippen molar-refractivity contribution in [3.63, 3.8) is 0 Å². The molecule has 0 aliphatic carbocycles. The highest BCUT2D eigenvalue weighted by Crippen LogP contribution is 2.48. The first-order valence-electron chi connectivity index (χ1n) is 22.4. The maximum absolute atomic E-state index is 5.30. The maximum atomic E-state index is 5.30. The Balaban J connectivity index is 1.16. The van der Waals surface area contributed by atoms with Gasteiger partial charge in [-0.2, -0.15) is 0 Å². The van der Waals surface area contributed by atoms with Crippen LogP contribution in [-0.2, 0) is 0 Å². The third-order valence-corrected chi connectivity index (χ3v) is 13.0. The molecule has 308 valence electrons. The molecule has 13 rings (SSSR count). The predicted octanol–water partition coefficient (Wildman–Crippen LogP) is 15.6. The smallest absolute Gasteiger partial charge is 0.166 e. The second-order valence-corrected chi connectivity index (χ2v) is 16.7. The van der Waals surface area contributed by atoms with Crippen LogP contribution in [0.1, 0.15) is 0 Å². The average molecular weight is 842 g/mol. The molecule has 13 aromatic rings. The summed E-state index contributed by atoms with van der Waals surface area (Å²) in [5, 5.41) is 7.16. The largest absolute Gasteiger partial charge is 0.309 e. The van der Waals surface area contributed by atoms with Crippen molar-refractivity contribution in [3.8, 4) is 67.8 Å². The molecule has 5 heteroatoms. The van der Waals surface area contributed by atoms with Gasteiger partial charge < -0.3 is 9.13 Å². The zero-order valence-electron chi connectivity index (χ0n) is 35.8. The third-order valence-electron chi connectivity index (χ3n) is 13.0. The lowest BCUT2D eigenvalue weighted by Gasteiger charge is -2.17. The summed E-state index contributed by atoms with van der Waals surface area (Å²) in [4.78, 5) is 15.7. The summed E-state index contributed by atoms with van der Waals surface area (Å²) in [7, 11) is 0. The summed E-state index contributed by atoms with van der Waals surface area (Å²) in [6.07, 6.45) is 0. The lowest BCUT2D eigenvalue weighted by Crippen LogP contribution is -2.04. The van der Waals surface area contributed by atoms with Crippen molar-refractivity contribution in [2.24, 2.45) is 0 Å². The molecular formula is C61H39N5. The molecule has 0 spiro atoms. The molecule has 0 N–H and O–H groups in total. The number of rotatable bonds is 7. The highest BCUT2D eigenvalue weighted by molar-refractivity contribution is 6.27. The van der Waals surface area contributed by atoms with E-state index in [0.717, 1.165) is 55.6 Å². The predicted molar refractivity (Wildman–Crippen MR) is 273 cm³/mol. The summed E-state index contributed by atoms with van der Waals surface area (Å²) in [6.45, 7) is 0. The van der Waals surface area contributed by atoms with Crippen molar-refractivity contribution in [1.29, 1.82) is 0 Å². The fourth-order valence-electron chi connectivity index (χ4n) is 10.1. The Kier molecular flexibility index (Phi) is 8.78. The molecule has 0 aliphatic heterocycles. The second kappa shape index (κ2) is 15.4. The molecule has 0 atom stereocenters. The van der Waals surface area contributed by atoms with E-state index in [1.54, 1.807) is 0 Å². The quantitative estimate of drug-likeness (QED) is 0.161. The monoisotopic (exact) mass is 841 g/mol. The van der Waals surface area contributed by atoms with Crippen molar-refractivity contribution in [1.82, 2.24) is 24.1 Å². The van der Waals surface area contributed by atoms with Crippen LogP contribution in [0.4, 0.5) is 0 Å². The van der Waals surface area contributed by atoms with E-state index in [1.165, 1.54) is 49.1 Å². The topological polar surface area (TPSA) is 48.5 Å². The van der Waals surface area contributed by atoms with Crippen LogP contribution in [0, 0.1) is 0 Å². The zero-order valence-corrected chi connectivity index (χ0v) is 35.8. The molecule has 0 radical (unpaired) electrons. The number of aromatic nitrogens is 5. The SMILES string of the molecule is c1ccc(-c2ccc(-c3nc(-c4ccccc4)nc(-c4ccccc4)n3)c(-n3c4ccccc4c4c(-c5cccc6c5c5ccccc5n6-c5ccccc5)c5ccccc5cc43)c2)cc1. The van der Waals surface area contributed by atoms with Crippen molar-refractivity contribution in [2.75, 3.05) is 0 Å². The van der Waals surface area contributed by atoms with E-state index in [4.69, 9.17) is 15.0 Å². The van der Waals surface area contributed by atoms with E-state index >= 15 is 0 Å². The molecule has 3 heterocycles. The van der Waals surface area contributed by atoms with Gasteiger partial charge in [0.05, 0.1) is 27.8 Å². The van der Waals surface area contributed by atoms with Gasteiger partial charge in [0, 0.05) is 49.5 Å². The molecule has 0 aliphatic rings. The van der Waals surface area contributed by atoms with Crippen molar-refractivity contribution in [2.45, 2.75) is 0 Å². The molecular weight excluding hydrogens is 803 g/mol. The normalized spacial score (nSPS) is 11.6. The van der Waals surface area contributed by atoms with Gasteiger partial charge in [0.1, 0.15) is 0 Å². The molecule has 0 unspecified atom stereocenters. The van der Waals surface area contributed by atoms with Gasteiger partial charge in [0.2, 0.25) is 0 Å². The minimum absolute atomic E-state index is 0.600. The Morgan fingerprint density at radius 3 is 1.47 bits per heavy atom. The number of hydrogen-bond donors (Lipinski definition) is 0. The summed E-state index contributed by atoms with van der Waals surface area (Å²) in [5.74, 6) is 1.84. The van der Waals surface area contributed by atoms with Crippen molar-refractivity contribution < 1.29 is 0 Å². The van der Waals surface area contributed by atoms with Gasteiger partial charge in [-0.1, -0.05) is 188 Å². The molecule has 5 nitrogen and oxygen atoms in total. The van der Waals surface area contributed by atoms with E-state index in [-0.39, 0.29) is 0 Å². The fourth-order valence-corrected chi connectivity index (χ4v) is 10.1. The Hall–Kier alpha value is -8.93. The lowest BCUT2D eigenvalue weighted by atomic mass is 9.90. The maximum Gasteiger partial charge on any atom is 0.166 e. The van der Waals surface area contributed by atoms with Crippen molar-refractivity contribution >= 4 is 54.4 Å². The van der Waals surface area contributed by atoms with E-state index in [9.17, 15) is 0 Å². The van der Waals surface area contributed by atoms with Gasteiger partial charge in [-0.05, 0) is 76.0 Å². The zero-order chi connectivity index (χ0) is 43.6. The first-order chi connectivity index (χ1) is 32.8. The summed E-state index contributed by atoms with van der Waals surface area (Å²) in [5.41, 5.74) is 14.0. The molecule has 66 heavy (non-hydrogen) atoms. The molecule has 0 fully saturated rings. The van der Waals surface area contributed by atoms with Crippen LogP contribution in [0.2, 0.25) is 0 Å². The number of benzene rings is 10. The number of nitrogens with zero attached hydrogens (tertiary/aromatic N) is 5. The molecule has 0 amide bonds. The lowest BCUT2D eigenvalue weighted by molar-refractivity contribution is 1.06. The Morgan fingerprint density at radius 1 is 0.288 bits per heavy atom. The van der Waals surface area contributed by atoms with Crippen LogP contribution < -0.4 is 0 Å². The van der Waals surface area contributed by atoms with Crippen molar-refractivity contribution in [3.05, 3.63) is 237 Å². The Morgan fingerprint density at radius 2 is 0.803 bits per heavy atom. The van der Waals surface area contributed by atoms with Crippen LogP contribution in [0.25, 0.3) is 122 Å². The molecule has 10 aromatic carbocycles. The van der Waals surface area contributed by atoms with Gasteiger partial charge >= 0.3 is 0 Å².